The van der Waals surface area contributed by atoms with Gasteiger partial charge < -0.3 is 20.1 Å². The molecule has 1 amide bonds. The molecule has 2 heterocycles. The molecule has 1 aromatic carbocycles. The van der Waals surface area contributed by atoms with Crippen molar-refractivity contribution in [3.8, 4) is 0 Å². The van der Waals surface area contributed by atoms with Gasteiger partial charge in [-0.25, -0.2) is 4.79 Å². The van der Waals surface area contributed by atoms with Gasteiger partial charge in [-0.05, 0) is 17.4 Å². The molecule has 3 rings (SSSR count). The van der Waals surface area contributed by atoms with E-state index in [0.717, 1.165) is 32.8 Å². The Morgan fingerprint density at radius 1 is 1.29 bits per heavy atom. The third-order valence-electron chi connectivity index (χ3n) is 5.07. The zero-order chi connectivity index (χ0) is 20.7. The fraction of sp³-hybridized carbons (Fsp3) is 0.579. The van der Waals surface area contributed by atoms with Crippen molar-refractivity contribution in [1.82, 2.24) is 10.2 Å². The fourth-order valence-corrected chi connectivity index (χ4v) is 3.50. The molecule has 2 aliphatic heterocycles. The molecule has 0 aliphatic carbocycles. The van der Waals surface area contributed by atoms with E-state index in [1.165, 1.54) is 5.56 Å². The van der Waals surface area contributed by atoms with Crippen LogP contribution in [0.3, 0.4) is 0 Å². The van der Waals surface area contributed by atoms with Crippen molar-refractivity contribution < 1.29 is 32.6 Å². The Labute approximate surface area is 161 Å². The Kier molecular flexibility index (Phi) is 7.82. The molecule has 3 atom stereocenters. The summed E-state index contributed by atoms with van der Waals surface area (Å²) < 4.78 is 37.5. The lowest BCUT2D eigenvalue weighted by Gasteiger charge is -2.30. The standard InChI is InChI=1S/C17H24N2O2.C2HF3O2/c1-13-16-11-19(10-15(16)9-18-17(13)20)7-8-21-12-14-5-3-2-4-6-14;3-2(4,5)1(6)7/h2-6,13,15-16H,7-12H2,1H3,(H,18,20);(H,6,7)/t13-,15-,16-;/m0./s1. The maximum absolute atomic E-state index is 11.7. The minimum absolute atomic E-state index is 0.152. The number of alkyl halides is 3. The van der Waals surface area contributed by atoms with Crippen LogP contribution >= 0.6 is 0 Å². The Morgan fingerprint density at radius 3 is 2.54 bits per heavy atom. The Bertz CT molecular complexity index is 654. The highest BCUT2D eigenvalue weighted by atomic mass is 19.4. The summed E-state index contributed by atoms with van der Waals surface area (Å²) in [6, 6.07) is 10.3. The van der Waals surface area contributed by atoms with Crippen LogP contribution < -0.4 is 5.32 Å². The highest BCUT2D eigenvalue weighted by Gasteiger charge is 2.41. The predicted molar refractivity (Wildman–Crippen MR) is 95.4 cm³/mol. The molecule has 2 N–H and O–H groups in total. The number of carbonyl (C=O) groups excluding carboxylic acids is 1. The number of carbonyl (C=O) groups is 2. The second kappa shape index (κ2) is 9.88. The van der Waals surface area contributed by atoms with Gasteiger partial charge in [-0.2, -0.15) is 13.2 Å². The van der Waals surface area contributed by atoms with Crippen molar-refractivity contribution in [1.29, 1.82) is 0 Å². The summed E-state index contributed by atoms with van der Waals surface area (Å²) in [7, 11) is 0. The van der Waals surface area contributed by atoms with Crippen LogP contribution in [-0.2, 0) is 20.9 Å². The van der Waals surface area contributed by atoms with Gasteiger partial charge >= 0.3 is 12.1 Å². The maximum Gasteiger partial charge on any atom is 0.490 e. The number of hydrogen-bond donors (Lipinski definition) is 2. The molecule has 2 aliphatic rings. The largest absolute Gasteiger partial charge is 0.490 e. The van der Waals surface area contributed by atoms with E-state index in [4.69, 9.17) is 14.6 Å². The summed E-state index contributed by atoms with van der Waals surface area (Å²) in [6.45, 7) is 7.41. The van der Waals surface area contributed by atoms with Crippen LogP contribution in [0.15, 0.2) is 30.3 Å². The van der Waals surface area contributed by atoms with Crippen LogP contribution in [-0.4, -0.2) is 60.8 Å². The Morgan fingerprint density at radius 2 is 1.93 bits per heavy atom. The van der Waals surface area contributed by atoms with E-state index in [9.17, 15) is 18.0 Å². The molecule has 0 bridgehead atoms. The molecule has 2 saturated heterocycles. The van der Waals surface area contributed by atoms with E-state index >= 15 is 0 Å². The number of hydrogen-bond acceptors (Lipinski definition) is 4. The highest BCUT2D eigenvalue weighted by molar-refractivity contribution is 5.79. The van der Waals surface area contributed by atoms with Gasteiger partial charge in [0, 0.05) is 32.1 Å². The number of nitrogens with zero attached hydrogens (tertiary/aromatic N) is 1. The van der Waals surface area contributed by atoms with E-state index < -0.39 is 12.1 Å². The van der Waals surface area contributed by atoms with Crippen LogP contribution in [0.2, 0.25) is 0 Å². The number of fused-ring (bicyclic) bond motifs is 1. The smallest absolute Gasteiger partial charge is 0.475 e. The number of halogens is 3. The first-order valence-electron chi connectivity index (χ1n) is 9.10. The minimum atomic E-state index is -5.08. The fourth-order valence-electron chi connectivity index (χ4n) is 3.50. The summed E-state index contributed by atoms with van der Waals surface area (Å²) in [5.41, 5.74) is 1.22. The van der Waals surface area contributed by atoms with Crippen LogP contribution in [0.5, 0.6) is 0 Å². The van der Waals surface area contributed by atoms with E-state index in [-0.39, 0.29) is 11.8 Å². The lowest BCUT2D eigenvalue weighted by molar-refractivity contribution is -0.192. The first kappa shape index (κ1) is 22.2. The summed E-state index contributed by atoms with van der Waals surface area (Å²) in [5.74, 6) is -1.25. The monoisotopic (exact) mass is 402 g/mol. The van der Waals surface area contributed by atoms with Gasteiger partial charge in [0.1, 0.15) is 0 Å². The number of piperidine rings is 1. The molecule has 156 valence electrons. The Balaban J connectivity index is 0.000000345. The van der Waals surface area contributed by atoms with Crippen molar-refractivity contribution in [3.63, 3.8) is 0 Å². The number of carboxylic acids is 1. The van der Waals surface area contributed by atoms with E-state index in [0.29, 0.717) is 18.4 Å². The van der Waals surface area contributed by atoms with Crippen LogP contribution in [0.1, 0.15) is 12.5 Å². The van der Waals surface area contributed by atoms with Gasteiger partial charge in [-0.15, -0.1) is 0 Å². The normalized spacial score (nSPS) is 24.7. The Hall–Kier alpha value is -2.13. The minimum Gasteiger partial charge on any atom is -0.475 e. The van der Waals surface area contributed by atoms with Gasteiger partial charge in [0.2, 0.25) is 5.91 Å². The third kappa shape index (κ3) is 6.49. The van der Waals surface area contributed by atoms with Gasteiger partial charge in [0.05, 0.1) is 13.2 Å². The van der Waals surface area contributed by atoms with Crippen LogP contribution in [0.25, 0.3) is 0 Å². The second-order valence-corrected chi connectivity index (χ2v) is 7.06. The zero-order valence-electron chi connectivity index (χ0n) is 15.6. The summed E-state index contributed by atoms with van der Waals surface area (Å²) in [4.78, 5) is 23.0. The predicted octanol–water partition coefficient (Wildman–Crippen LogP) is 2.15. The molecular weight excluding hydrogens is 377 g/mol. The van der Waals surface area contributed by atoms with Gasteiger partial charge in [-0.1, -0.05) is 37.3 Å². The SMILES string of the molecule is C[C@@H]1C(=O)NC[C@H]2CN(CCOCc3ccccc3)C[C@H]21.O=C(O)C(F)(F)F. The lowest BCUT2D eigenvalue weighted by Crippen LogP contribution is -2.46. The van der Waals surface area contributed by atoms with Gasteiger partial charge in [-0.3, -0.25) is 4.79 Å². The van der Waals surface area contributed by atoms with Crippen LogP contribution in [0, 0.1) is 17.8 Å². The molecule has 28 heavy (non-hydrogen) atoms. The molecule has 0 spiro atoms. The van der Waals surface area contributed by atoms with Gasteiger partial charge in [0.15, 0.2) is 0 Å². The molecule has 9 heteroatoms. The number of aliphatic carboxylic acids is 1. The lowest BCUT2D eigenvalue weighted by atomic mass is 9.81. The van der Waals surface area contributed by atoms with Gasteiger partial charge in [0.25, 0.3) is 0 Å². The summed E-state index contributed by atoms with van der Waals surface area (Å²) >= 11 is 0. The average Bonchev–Trinajstić information content (AvgIpc) is 3.06. The van der Waals surface area contributed by atoms with E-state index in [1.54, 1.807) is 0 Å². The molecule has 0 unspecified atom stereocenters. The third-order valence-corrected chi connectivity index (χ3v) is 5.07. The highest BCUT2D eigenvalue weighted by Crippen LogP contribution is 2.32. The zero-order valence-corrected chi connectivity index (χ0v) is 15.6. The number of carboxylic acid groups (broad SMARTS) is 1. The molecule has 6 nitrogen and oxygen atoms in total. The van der Waals surface area contributed by atoms with Crippen molar-refractivity contribution >= 4 is 11.9 Å². The van der Waals surface area contributed by atoms with Crippen molar-refractivity contribution in [2.45, 2.75) is 19.7 Å². The molecule has 0 saturated carbocycles. The van der Waals surface area contributed by atoms with Crippen molar-refractivity contribution in [2.24, 2.45) is 17.8 Å². The first-order chi connectivity index (χ1) is 13.2. The number of rotatable bonds is 5. The summed E-state index contributed by atoms with van der Waals surface area (Å²) in [5, 5.41) is 10.1. The molecule has 1 aromatic rings. The summed E-state index contributed by atoms with van der Waals surface area (Å²) in [6.07, 6.45) is -5.08. The maximum atomic E-state index is 11.7. The van der Waals surface area contributed by atoms with E-state index in [2.05, 4.69) is 29.3 Å². The second-order valence-electron chi connectivity index (χ2n) is 7.06. The number of benzene rings is 1. The number of likely N-dealkylation sites (tertiary alicyclic amines) is 1. The number of nitrogens with one attached hydrogen (secondary N) is 1. The van der Waals surface area contributed by atoms with E-state index in [1.807, 2.05) is 18.2 Å². The first-order valence-corrected chi connectivity index (χ1v) is 9.10. The molecule has 2 fully saturated rings. The molecule has 0 aromatic heterocycles. The van der Waals surface area contributed by atoms with Crippen molar-refractivity contribution in [3.05, 3.63) is 35.9 Å². The quantitative estimate of drug-likeness (QED) is 0.738. The number of amides is 1. The average molecular weight is 402 g/mol. The number of ether oxygens (including phenoxy) is 1. The molecule has 0 radical (unpaired) electrons. The van der Waals surface area contributed by atoms with Crippen LogP contribution in [0.4, 0.5) is 13.2 Å². The topological polar surface area (TPSA) is 78.9 Å². The molecular formula is C19H25F3N2O4. The van der Waals surface area contributed by atoms with Crippen molar-refractivity contribution in [2.75, 3.05) is 32.8 Å².